The van der Waals surface area contributed by atoms with Crippen LogP contribution in [0.15, 0.2) is 12.4 Å². The summed E-state index contributed by atoms with van der Waals surface area (Å²) in [4.78, 5) is 13.9. The SMILES string of the molecule is CCc1cc2c(N3CCNCC3(C)C)ncnc2s1. The molecule has 3 heterocycles. The van der Waals surface area contributed by atoms with Crippen molar-refractivity contribution in [2.45, 2.75) is 32.7 Å². The molecule has 0 unspecified atom stereocenters. The van der Waals surface area contributed by atoms with Crippen molar-refractivity contribution in [3.8, 4) is 0 Å². The molecule has 1 saturated heterocycles. The van der Waals surface area contributed by atoms with Crippen molar-refractivity contribution < 1.29 is 0 Å². The fraction of sp³-hybridized carbons (Fsp3) is 0.571. The van der Waals surface area contributed by atoms with Crippen LogP contribution in [0.2, 0.25) is 0 Å². The van der Waals surface area contributed by atoms with Gasteiger partial charge >= 0.3 is 0 Å². The molecule has 1 N–H and O–H groups in total. The zero-order valence-electron chi connectivity index (χ0n) is 11.7. The summed E-state index contributed by atoms with van der Waals surface area (Å²) in [5.74, 6) is 1.09. The van der Waals surface area contributed by atoms with Gasteiger partial charge < -0.3 is 10.2 Å². The summed E-state index contributed by atoms with van der Waals surface area (Å²) in [5, 5.41) is 4.66. The Hall–Kier alpha value is -1.20. The van der Waals surface area contributed by atoms with Crippen LogP contribution in [-0.4, -0.2) is 35.1 Å². The molecule has 0 aliphatic carbocycles. The second-order valence-electron chi connectivity index (χ2n) is 5.62. The van der Waals surface area contributed by atoms with Gasteiger partial charge in [0.05, 0.1) is 5.39 Å². The van der Waals surface area contributed by atoms with Gasteiger partial charge in [0.2, 0.25) is 0 Å². The van der Waals surface area contributed by atoms with E-state index in [0.717, 1.165) is 36.7 Å². The normalized spacial score (nSPS) is 19.0. The lowest BCUT2D eigenvalue weighted by Crippen LogP contribution is -2.58. The van der Waals surface area contributed by atoms with Crippen LogP contribution in [0.1, 0.15) is 25.6 Å². The lowest BCUT2D eigenvalue weighted by atomic mass is 10.00. The van der Waals surface area contributed by atoms with Gasteiger partial charge in [0.15, 0.2) is 0 Å². The van der Waals surface area contributed by atoms with E-state index < -0.39 is 0 Å². The molecular weight excluding hydrogens is 256 g/mol. The maximum atomic E-state index is 4.57. The fourth-order valence-electron chi connectivity index (χ4n) is 2.66. The van der Waals surface area contributed by atoms with Crippen molar-refractivity contribution in [2.24, 2.45) is 0 Å². The highest BCUT2D eigenvalue weighted by molar-refractivity contribution is 7.18. The number of thiophene rings is 1. The molecule has 19 heavy (non-hydrogen) atoms. The number of nitrogens with one attached hydrogen (secondary N) is 1. The van der Waals surface area contributed by atoms with Crippen molar-refractivity contribution in [1.29, 1.82) is 0 Å². The van der Waals surface area contributed by atoms with Crippen LogP contribution >= 0.6 is 11.3 Å². The molecule has 5 heteroatoms. The standard InChI is InChI=1S/C14H20N4S/c1-4-10-7-11-12(16-9-17-13(11)19-10)18-6-5-15-8-14(18,2)3/h7,9,15H,4-6,8H2,1-3H3. The molecule has 0 aromatic carbocycles. The molecule has 0 saturated carbocycles. The molecule has 102 valence electrons. The Morgan fingerprint density at radius 1 is 1.42 bits per heavy atom. The first-order chi connectivity index (χ1) is 9.12. The molecule has 2 aromatic rings. The molecule has 0 radical (unpaired) electrons. The number of anilines is 1. The van der Waals surface area contributed by atoms with Gasteiger partial charge in [-0.15, -0.1) is 11.3 Å². The molecule has 3 rings (SSSR count). The van der Waals surface area contributed by atoms with Gasteiger partial charge in [0.1, 0.15) is 17.0 Å². The minimum atomic E-state index is 0.0911. The Labute approximate surface area is 117 Å². The average Bonchev–Trinajstić information content (AvgIpc) is 2.81. The summed E-state index contributed by atoms with van der Waals surface area (Å²) in [6, 6.07) is 2.26. The first kappa shape index (κ1) is 12.8. The molecular formula is C14H20N4S. The molecule has 4 nitrogen and oxygen atoms in total. The number of piperazine rings is 1. The van der Waals surface area contributed by atoms with Crippen molar-refractivity contribution in [2.75, 3.05) is 24.5 Å². The summed E-state index contributed by atoms with van der Waals surface area (Å²) in [7, 11) is 0. The van der Waals surface area contributed by atoms with Crippen molar-refractivity contribution in [3.63, 3.8) is 0 Å². The third-order valence-corrected chi connectivity index (χ3v) is 4.95. The predicted octanol–water partition coefficient (Wildman–Crippen LogP) is 2.44. The van der Waals surface area contributed by atoms with Crippen LogP contribution in [0.3, 0.4) is 0 Å². The molecule has 0 spiro atoms. The number of rotatable bonds is 2. The lowest BCUT2D eigenvalue weighted by molar-refractivity contribution is 0.378. The second-order valence-corrected chi connectivity index (χ2v) is 6.74. The van der Waals surface area contributed by atoms with Gasteiger partial charge in [-0.1, -0.05) is 6.92 Å². The number of fused-ring (bicyclic) bond motifs is 1. The highest BCUT2D eigenvalue weighted by atomic mass is 32.1. The molecule has 1 aliphatic rings. The van der Waals surface area contributed by atoms with E-state index in [1.54, 1.807) is 17.7 Å². The Balaban J connectivity index is 2.11. The number of aryl methyl sites for hydroxylation is 1. The van der Waals surface area contributed by atoms with Crippen LogP contribution in [0.5, 0.6) is 0 Å². The maximum absolute atomic E-state index is 4.57. The van der Waals surface area contributed by atoms with Gasteiger partial charge in [-0.2, -0.15) is 0 Å². The summed E-state index contributed by atoms with van der Waals surface area (Å²) in [5.41, 5.74) is 0.0911. The summed E-state index contributed by atoms with van der Waals surface area (Å²) in [6.45, 7) is 9.71. The number of hydrogen-bond donors (Lipinski definition) is 1. The molecule has 2 aromatic heterocycles. The minimum Gasteiger partial charge on any atom is -0.348 e. The largest absolute Gasteiger partial charge is 0.348 e. The van der Waals surface area contributed by atoms with E-state index in [2.05, 4.69) is 47.0 Å². The van der Waals surface area contributed by atoms with Crippen LogP contribution in [0.4, 0.5) is 5.82 Å². The smallest absolute Gasteiger partial charge is 0.141 e. The Bertz CT molecular complexity index is 590. The number of nitrogens with zero attached hydrogens (tertiary/aromatic N) is 3. The van der Waals surface area contributed by atoms with Crippen molar-refractivity contribution in [1.82, 2.24) is 15.3 Å². The Kier molecular flexibility index (Phi) is 3.19. The van der Waals surface area contributed by atoms with E-state index in [9.17, 15) is 0 Å². The topological polar surface area (TPSA) is 41.0 Å². The monoisotopic (exact) mass is 276 g/mol. The highest BCUT2D eigenvalue weighted by Gasteiger charge is 2.31. The van der Waals surface area contributed by atoms with E-state index in [1.165, 1.54) is 10.3 Å². The Morgan fingerprint density at radius 2 is 2.26 bits per heavy atom. The van der Waals surface area contributed by atoms with Crippen LogP contribution in [0, 0.1) is 0 Å². The van der Waals surface area contributed by atoms with Crippen LogP contribution in [-0.2, 0) is 6.42 Å². The zero-order valence-corrected chi connectivity index (χ0v) is 12.5. The van der Waals surface area contributed by atoms with Crippen molar-refractivity contribution in [3.05, 3.63) is 17.3 Å². The van der Waals surface area contributed by atoms with E-state index in [1.807, 2.05) is 0 Å². The van der Waals surface area contributed by atoms with E-state index >= 15 is 0 Å². The highest BCUT2D eigenvalue weighted by Crippen LogP contribution is 2.33. The van der Waals surface area contributed by atoms with Gasteiger partial charge in [-0.3, -0.25) is 0 Å². The minimum absolute atomic E-state index is 0.0911. The van der Waals surface area contributed by atoms with Gasteiger partial charge in [0, 0.05) is 30.1 Å². The maximum Gasteiger partial charge on any atom is 0.141 e. The Morgan fingerprint density at radius 3 is 3.00 bits per heavy atom. The number of hydrogen-bond acceptors (Lipinski definition) is 5. The van der Waals surface area contributed by atoms with Crippen LogP contribution < -0.4 is 10.2 Å². The summed E-state index contributed by atoms with van der Waals surface area (Å²) >= 11 is 1.78. The van der Waals surface area contributed by atoms with Gasteiger partial charge in [-0.05, 0) is 26.3 Å². The van der Waals surface area contributed by atoms with E-state index in [-0.39, 0.29) is 5.54 Å². The average molecular weight is 276 g/mol. The third-order valence-electron chi connectivity index (χ3n) is 3.76. The molecule has 1 fully saturated rings. The lowest BCUT2D eigenvalue weighted by Gasteiger charge is -2.43. The second kappa shape index (κ2) is 4.72. The molecule has 1 aliphatic heterocycles. The molecule has 0 bridgehead atoms. The number of aromatic nitrogens is 2. The summed E-state index contributed by atoms with van der Waals surface area (Å²) in [6.07, 6.45) is 2.76. The zero-order chi connectivity index (χ0) is 13.5. The van der Waals surface area contributed by atoms with E-state index in [0.29, 0.717) is 0 Å². The molecule has 0 amide bonds. The quantitative estimate of drug-likeness (QED) is 0.914. The van der Waals surface area contributed by atoms with Crippen molar-refractivity contribution >= 4 is 27.4 Å². The predicted molar refractivity (Wildman–Crippen MR) is 81.1 cm³/mol. The third kappa shape index (κ3) is 2.21. The molecule has 0 atom stereocenters. The first-order valence-electron chi connectivity index (χ1n) is 6.83. The van der Waals surface area contributed by atoms with E-state index in [4.69, 9.17) is 0 Å². The summed E-state index contributed by atoms with van der Waals surface area (Å²) < 4.78 is 0. The fourth-order valence-corrected chi connectivity index (χ4v) is 3.59. The van der Waals surface area contributed by atoms with Gasteiger partial charge in [0.25, 0.3) is 0 Å². The van der Waals surface area contributed by atoms with Gasteiger partial charge in [-0.25, -0.2) is 9.97 Å². The van der Waals surface area contributed by atoms with Crippen LogP contribution in [0.25, 0.3) is 10.2 Å². The first-order valence-corrected chi connectivity index (χ1v) is 7.65.